The molecule has 0 heterocycles. The Hall–Kier alpha value is -0.700. The minimum absolute atomic E-state index is 0.678. The third-order valence-corrected chi connectivity index (χ3v) is 6.27. The summed E-state index contributed by atoms with van der Waals surface area (Å²) in [6, 6.07) is 0. The van der Waals surface area contributed by atoms with Crippen molar-refractivity contribution in [1.29, 1.82) is 0 Å². The molecule has 0 radical (unpaired) electrons. The van der Waals surface area contributed by atoms with Gasteiger partial charge in [0.05, 0.1) is 0 Å². The number of rotatable bonds is 6. The lowest BCUT2D eigenvalue weighted by atomic mass is 9.79. The van der Waals surface area contributed by atoms with E-state index in [1.54, 1.807) is 0 Å². The molecule has 0 N–H and O–H groups in total. The zero-order chi connectivity index (χ0) is 16.3. The van der Waals surface area contributed by atoms with Crippen molar-refractivity contribution >= 4 is 0 Å². The quantitative estimate of drug-likeness (QED) is 0.361. The van der Waals surface area contributed by atoms with Gasteiger partial charge >= 0.3 is 0 Å². The molecular formula is C23H38. The van der Waals surface area contributed by atoms with E-state index in [1.807, 2.05) is 0 Å². The van der Waals surface area contributed by atoms with Crippen LogP contribution in [0.5, 0.6) is 0 Å². The number of allylic oxidation sites excluding steroid dienone is 2. The Kier molecular flexibility index (Phi) is 8.88. The van der Waals surface area contributed by atoms with Crippen molar-refractivity contribution in [3.8, 4) is 11.8 Å². The fourth-order valence-corrected chi connectivity index (χ4v) is 4.42. The molecule has 0 aromatic rings. The van der Waals surface area contributed by atoms with Crippen LogP contribution >= 0.6 is 0 Å². The zero-order valence-corrected chi connectivity index (χ0v) is 15.7. The molecule has 0 aromatic carbocycles. The Labute approximate surface area is 145 Å². The van der Waals surface area contributed by atoms with Crippen molar-refractivity contribution < 1.29 is 0 Å². The van der Waals surface area contributed by atoms with Crippen LogP contribution in [0.25, 0.3) is 0 Å². The van der Waals surface area contributed by atoms with Crippen LogP contribution in [0.2, 0.25) is 0 Å². The Morgan fingerprint density at radius 1 is 0.826 bits per heavy atom. The van der Waals surface area contributed by atoms with Gasteiger partial charge < -0.3 is 0 Å². The molecule has 0 saturated heterocycles. The monoisotopic (exact) mass is 314 g/mol. The van der Waals surface area contributed by atoms with Crippen LogP contribution < -0.4 is 0 Å². The van der Waals surface area contributed by atoms with Gasteiger partial charge in [-0.15, -0.1) is 0 Å². The fourth-order valence-electron chi connectivity index (χ4n) is 4.42. The summed E-state index contributed by atoms with van der Waals surface area (Å²) >= 11 is 0. The van der Waals surface area contributed by atoms with E-state index in [2.05, 4.69) is 37.8 Å². The molecular weight excluding hydrogens is 276 g/mol. The third-order valence-electron chi connectivity index (χ3n) is 6.27. The molecule has 0 nitrogen and oxygen atoms in total. The van der Waals surface area contributed by atoms with Crippen molar-refractivity contribution in [2.24, 2.45) is 23.7 Å². The molecule has 0 unspecified atom stereocenters. The topological polar surface area (TPSA) is 0 Å². The Morgan fingerprint density at radius 3 is 2.17 bits per heavy atom. The average molecular weight is 315 g/mol. The number of unbranched alkanes of at least 4 members (excludes halogenated alkanes) is 2. The highest BCUT2D eigenvalue weighted by molar-refractivity contribution is 5.18. The molecule has 0 heteroatoms. The van der Waals surface area contributed by atoms with Gasteiger partial charge in [-0.25, -0.2) is 0 Å². The molecule has 23 heavy (non-hydrogen) atoms. The van der Waals surface area contributed by atoms with Gasteiger partial charge in [0.15, 0.2) is 0 Å². The first-order valence-electron chi connectivity index (χ1n) is 10.5. The van der Waals surface area contributed by atoms with Crippen LogP contribution in [-0.2, 0) is 0 Å². The van der Waals surface area contributed by atoms with E-state index in [0.29, 0.717) is 5.92 Å². The van der Waals surface area contributed by atoms with Gasteiger partial charge in [0.1, 0.15) is 0 Å². The molecule has 0 aromatic heterocycles. The van der Waals surface area contributed by atoms with Gasteiger partial charge in [0, 0.05) is 5.92 Å². The highest BCUT2D eigenvalue weighted by Gasteiger charge is 2.19. The lowest BCUT2D eigenvalue weighted by Crippen LogP contribution is -2.13. The standard InChI is InChI=1S/C23H38/c1-3-5-6-9-21-16-18-23(19-17-21)11-8-7-10-22-14-12-20(4-2)13-15-22/h8,11,20-23H,3-6,9,12-19H2,1-2H3/b11-8+. The maximum Gasteiger partial charge on any atom is 0.0206 e. The molecule has 2 saturated carbocycles. The summed E-state index contributed by atoms with van der Waals surface area (Å²) < 4.78 is 0. The van der Waals surface area contributed by atoms with Crippen molar-refractivity contribution in [3.63, 3.8) is 0 Å². The molecule has 130 valence electrons. The predicted octanol–water partition coefficient (Wildman–Crippen LogP) is 7.15. The summed E-state index contributed by atoms with van der Waals surface area (Å²) in [6.07, 6.45) is 22.8. The molecule has 2 fully saturated rings. The summed E-state index contributed by atoms with van der Waals surface area (Å²) in [5.74, 6) is 10.4. The molecule has 2 aliphatic carbocycles. The SMILES string of the molecule is CCCCCC1CCC(/C=C/C#CC2CCC(CC)CC2)CC1. The van der Waals surface area contributed by atoms with Crippen molar-refractivity contribution in [1.82, 2.24) is 0 Å². The van der Waals surface area contributed by atoms with Gasteiger partial charge in [0.2, 0.25) is 0 Å². The second-order valence-corrected chi connectivity index (χ2v) is 8.05. The lowest BCUT2D eigenvalue weighted by molar-refractivity contribution is 0.289. The van der Waals surface area contributed by atoms with Crippen LogP contribution in [0.15, 0.2) is 12.2 Å². The van der Waals surface area contributed by atoms with E-state index in [4.69, 9.17) is 0 Å². The highest BCUT2D eigenvalue weighted by Crippen LogP contribution is 2.33. The predicted molar refractivity (Wildman–Crippen MR) is 102 cm³/mol. The van der Waals surface area contributed by atoms with Crippen molar-refractivity contribution in [2.75, 3.05) is 0 Å². The Balaban J connectivity index is 1.61. The van der Waals surface area contributed by atoms with Crippen molar-refractivity contribution in [2.45, 2.75) is 97.3 Å². The van der Waals surface area contributed by atoms with E-state index in [0.717, 1.165) is 17.8 Å². The molecule has 0 spiro atoms. The summed E-state index contributed by atoms with van der Waals surface area (Å²) in [6.45, 7) is 4.64. The molecule has 2 aliphatic rings. The van der Waals surface area contributed by atoms with E-state index in [1.165, 1.54) is 83.5 Å². The zero-order valence-electron chi connectivity index (χ0n) is 15.7. The first-order chi connectivity index (χ1) is 11.3. The third kappa shape index (κ3) is 7.15. The normalized spacial score (nSPS) is 31.7. The lowest BCUT2D eigenvalue weighted by Gasteiger charge is -2.26. The fraction of sp³-hybridized carbons (Fsp3) is 0.826. The van der Waals surface area contributed by atoms with Crippen LogP contribution in [0.4, 0.5) is 0 Å². The second kappa shape index (κ2) is 11.0. The smallest absolute Gasteiger partial charge is 0.0206 e. The van der Waals surface area contributed by atoms with E-state index in [9.17, 15) is 0 Å². The van der Waals surface area contributed by atoms with E-state index < -0.39 is 0 Å². The average Bonchev–Trinajstić information content (AvgIpc) is 2.61. The maximum atomic E-state index is 3.51. The first kappa shape index (κ1) is 18.6. The van der Waals surface area contributed by atoms with Crippen LogP contribution in [0.1, 0.15) is 97.3 Å². The highest BCUT2D eigenvalue weighted by atomic mass is 14.2. The molecule has 0 amide bonds. The molecule has 2 rings (SSSR count). The minimum Gasteiger partial charge on any atom is -0.0951 e. The largest absolute Gasteiger partial charge is 0.0951 e. The summed E-state index contributed by atoms with van der Waals surface area (Å²) in [4.78, 5) is 0. The summed E-state index contributed by atoms with van der Waals surface area (Å²) in [5, 5.41) is 0. The molecule has 0 aliphatic heterocycles. The van der Waals surface area contributed by atoms with Gasteiger partial charge in [0.25, 0.3) is 0 Å². The van der Waals surface area contributed by atoms with Gasteiger partial charge in [-0.3, -0.25) is 0 Å². The van der Waals surface area contributed by atoms with Crippen LogP contribution in [-0.4, -0.2) is 0 Å². The Morgan fingerprint density at radius 2 is 1.52 bits per heavy atom. The number of hydrogen-bond donors (Lipinski definition) is 0. The van der Waals surface area contributed by atoms with Gasteiger partial charge in [-0.2, -0.15) is 0 Å². The minimum atomic E-state index is 0.678. The number of hydrogen-bond acceptors (Lipinski definition) is 0. The summed E-state index contributed by atoms with van der Waals surface area (Å²) in [7, 11) is 0. The van der Waals surface area contributed by atoms with Gasteiger partial charge in [-0.1, -0.05) is 63.9 Å². The van der Waals surface area contributed by atoms with E-state index in [-0.39, 0.29) is 0 Å². The van der Waals surface area contributed by atoms with Crippen LogP contribution in [0.3, 0.4) is 0 Å². The summed E-state index contributed by atoms with van der Waals surface area (Å²) in [5.41, 5.74) is 0. The van der Waals surface area contributed by atoms with Gasteiger partial charge in [-0.05, 0) is 75.2 Å². The molecule has 0 atom stereocenters. The van der Waals surface area contributed by atoms with Crippen LogP contribution in [0, 0.1) is 35.5 Å². The second-order valence-electron chi connectivity index (χ2n) is 8.05. The first-order valence-corrected chi connectivity index (χ1v) is 10.5. The van der Waals surface area contributed by atoms with E-state index >= 15 is 0 Å². The van der Waals surface area contributed by atoms with Crippen molar-refractivity contribution in [3.05, 3.63) is 12.2 Å². The maximum absolute atomic E-state index is 3.51. The molecule has 0 bridgehead atoms. The Bertz CT molecular complexity index is 378.